The van der Waals surface area contributed by atoms with E-state index in [1.807, 2.05) is 22.6 Å². The standard InChI is InChI=1S/C10H8FIN2O2S/c1-16-9(15)4-14-8-2-5(11)6(12)3-7(8)13-10(14)17/h2-3H,4H2,1H3,(H,13,17). The van der Waals surface area contributed by atoms with Crippen molar-refractivity contribution in [1.29, 1.82) is 0 Å². The van der Waals surface area contributed by atoms with Gasteiger partial charge in [-0.05, 0) is 40.9 Å². The molecule has 0 spiro atoms. The van der Waals surface area contributed by atoms with Crippen molar-refractivity contribution >= 4 is 51.8 Å². The van der Waals surface area contributed by atoms with Crippen LogP contribution >= 0.6 is 34.8 Å². The maximum atomic E-state index is 13.5. The molecule has 0 atom stereocenters. The number of aromatic amines is 1. The van der Waals surface area contributed by atoms with Gasteiger partial charge in [0.1, 0.15) is 12.4 Å². The van der Waals surface area contributed by atoms with Crippen molar-refractivity contribution in [3.63, 3.8) is 0 Å². The van der Waals surface area contributed by atoms with Gasteiger partial charge in [-0.3, -0.25) is 4.79 Å². The number of nitrogens with one attached hydrogen (secondary N) is 1. The molecule has 17 heavy (non-hydrogen) atoms. The van der Waals surface area contributed by atoms with Crippen LogP contribution in [0.5, 0.6) is 0 Å². The summed E-state index contributed by atoms with van der Waals surface area (Å²) in [7, 11) is 1.30. The first-order valence-corrected chi connectivity index (χ1v) is 6.16. The minimum absolute atomic E-state index is 0.0324. The summed E-state index contributed by atoms with van der Waals surface area (Å²) < 4.78 is 20.4. The summed E-state index contributed by atoms with van der Waals surface area (Å²) in [6, 6.07) is 3.00. The number of carbonyl (C=O) groups excluding carboxylic acids is 1. The van der Waals surface area contributed by atoms with Gasteiger partial charge in [0, 0.05) is 6.07 Å². The highest BCUT2D eigenvalue weighted by Gasteiger charge is 2.11. The Kier molecular flexibility index (Phi) is 3.48. The third-order valence-corrected chi connectivity index (χ3v) is 3.48. The lowest BCUT2D eigenvalue weighted by atomic mass is 10.3. The lowest BCUT2D eigenvalue weighted by Crippen LogP contribution is -2.11. The summed E-state index contributed by atoms with van der Waals surface area (Å²) in [5, 5.41) is 0. The van der Waals surface area contributed by atoms with Gasteiger partial charge < -0.3 is 14.3 Å². The number of rotatable bonds is 2. The van der Waals surface area contributed by atoms with Gasteiger partial charge in [-0.1, -0.05) is 0 Å². The number of aromatic nitrogens is 2. The van der Waals surface area contributed by atoms with Crippen LogP contribution in [0.3, 0.4) is 0 Å². The number of halogens is 2. The quantitative estimate of drug-likeness (QED) is 0.505. The Bertz CT molecular complexity index is 650. The minimum Gasteiger partial charge on any atom is -0.468 e. The molecular weight excluding hydrogens is 358 g/mol. The van der Waals surface area contributed by atoms with E-state index in [0.29, 0.717) is 19.4 Å². The molecule has 90 valence electrons. The molecule has 0 amide bonds. The Labute approximate surface area is 115 Å². The SMILES string of the molecule is COC(=O)Cn1c(=S)[nH]c2cc(I)c(F)cc21. The zero-order valence-electron chi connectivity index (χ0n) is 8.79. The van der Waals surface area contributed by atoms with Crippen LogP contribution < -0.4 is 0 Å². The highest BCUT2D eigenvalue weighted by atomic mass is 127. The van der Waals surface area contributed by atoms with Crippen molar-refractivity contribution in [3.8, 4) is 0 Å². The monoisotopic (exact) mass is 366 g/mol. The highest BCUT2D eigenvalue weighted by molar-refractivity contribution is 14.1. The van der Waals surface area contributed by atoms with E-state index in [9.17, 15) is 9.18 Å². The van der Waals surface area contributed by atoms with Gasteiger partial charge in [0.05, 0.1) is 21.7 Å². The van der Waals surface area contributed by atoms with E-state index < -0.39 is 5.97 Å². The molecule has 0 fully saturated rings. The highest BCUT2D eigenvalue weighted by Crippen LogP contribution is 2.20. The molecule has 1 heterocycles. The first-order valence-electron chi connectivity index (χ1n) is 4.67. The van der Waals surface area contributed by atoms with Crippen LogP contribution in [-0.4, -0.2) is 22.6 Å². The van der Waals surface area contributed by atoms with Crippen molar-refractivity contribution in [1.82, 2.24) is 9.55 Å². The normalized spacial score (nSPS) is 10.8. The van der Waals surface area contributed by atoms with Gasteiger partial charge in [0.2, 0.25) is 0 Å². The molecule has 2 rings (SSSR count). The first-order chi connectivity index (χ1) is 8.02. The number of hydrogen-bond acceptors (Lipinski definition) is 3. The number of H-pyrrole nitrogens is 1. The minimum atomic E-state index is -0.430. The third kappa shape index (κ3) is 2.34. The molecule has 1 aromatic heterocycles. The largest absolute Gasteiger partial charge is 0.468 e. The molecule has 0 saturated heterocycles. The smallest absolute Gasteiger partial charge is 0.325 e. The Morgan fingerprint density at radius 3 is 3.00 bits per heavy atom. The molecule has 7 heteroatoms. The number of ether oxygens (including phenoxy) is 1. The van der Waals surface area contributed by atoms with E-state index >= 15 is 0 Å². The Hall–Kier alpha value is -0.960. The zero-order chi connectivity index (χ0) is 12.6. The summed E-state index contributed by atoms with van der Waals surface area (Å²) in [5.74, 6) is -0.772. The molecule has 4 nitrogen and oxygen atoms in total. The molecule has 0 radical (unpaired) electrons. The third-order valence-electron chi connectivity index (χ3n) is 2.33. The summed E-state index contributed by atoms with van der Waals surface area (Å²) >= 11 is 6.98. The van der Waals surface area contributed by atoms with E-state index in [1.165, 1.54) is 17.7 Å². The van der Waals surface area contributed by atoms with Crippen LogP contribution in [0, 0.1) is 14.2 Å². The number of methoxy groups -OCH3 is 1. The molecule has 1 aromatic carbocycles. The maximum Gasteiger partial charge on any atom is 0.325 e. The summed E-state index contributed by atoms with van der Waals surface area (Å²) in [6.45, 7) is -0.0324. The van der Waals surface area contributed by atoms with E-state index in [2.05, 4.69) is 9.72 Å². The number of nitrogens with zero attached hydrogens (tertiary/aromatic N) is 1. The lowest BCUT2D eigenvalue weighted by Gasteiger charge is -2.03. The summed E-state index contributed by atoms with van der Waals surface area (Å²) in [6.07, 6.45) is 0. The second-order valence-corrected chi connectivity index (χ2v) is 4.92. The van der Waals surface area contributed by atoms with Crippen molar-refractivity contribution < 1.29 is 13.9 Å². The second-order valence-electron chi connectivity index (χ2n) is 3.38. The van der Waals surface area contributed by atoms with Gasteiger partial charge in [-0.25, -0.2) is 4.39 Å². The molecule has 0 aliphatic carbocycles. The first kappa shape index (κ1) is 12.5. The van der Waals surface area contributed by atoms with Gasteiger partial charge in [-0.2, -0.15) is 0 Å². The Balaban J connectivity index is 2.62. The number of hydrogen-bond donors (Lipinski definition) is 1. The van der Waals surface area contributed by atoms with Crippen molar-refractivity contribution in [2.24, 2.45) is 0 Å². The molecule has 0 saturated carbocycles. The summed E-state index contributed by atoms with van der Waals surface area (Å²) in [5.41, 5.74) is 1.25. The van der Waals surface area contributed by atoms with Crippen LogP contribution in [0.25, 0.3) is 11.0 Å². The van der Waals surface area contributed by atoms with Crippen molar-refractivity contribution in [3.05, 3.63) is 26.3 Å². The van der Waals surface area contributed by atoms with Gasteiger partial charge in [0.25, 0.3) is 0 Å². The molecule has 2 aromatic rings. The van der Waals surface area contributed by atoms with E-state index in [-0.39, 0.29) is 12.4 Å². The fraction of sp³-hybridized carbons (Fsp3) is 0.200. The van der Waals surface area contributed by atoms with Crippen LogP contribution in [0.15, 0.2) is 12.1 Å². The number of benzene rings is 1. The molecule has 0 bridgehead atoms. The van der Waals surface area contributed by atoms with Crippen LogP contribution in [0.2, 0.25) is 0 Å². The molecule has 0 aliphatic heterocycles. The maximum absolute atomic E-state index is 13.5. The average Bonchev–Trinajstić information content (AvgIpc) is 2.56. The fourth-order valence-electron chi connectivity index (χ4n) is 1.50. The van der Waals surface area contributed by atoms with Gasteiger partial charge in [-0.15, -0.1) is 0 Å². The topological polar surface area (TPSA) is 47.0 Å². The number of imidazole rings is 1. The predicted molar refractivity (Wildman–Crippen MR) is 71.8 cm³/mol. The Morgan fingerprint density at radius 1 is 1.65 bits per heavy atom. The number of esters is 1. The van der Waals surface area contributed by atoms with Crippen LogP contribution in [-0.2, 0) is 16.1 Å². The van der Waals surface area contributed by atoms with E-state index in [1.54, 1.807) is 6.07 Å². The average molecular weight is 366 g/mol. The lowest BCUT2D eigenvalue weighted by molar-refractivity contribution is -0.141. The van der Waals surface area contributed by atoms with Crippen molar-refractivity contribution in [2.75, 3.05) is 7.11 Å². The van der Waals surface area contributed by atoms with Gasteiger partial charge in [0.15, 0.2) is 4.77 Å². The summed E-state index contributed by atoms with van der Waals surface area (Å²) in [4.78, 5) is 14.2. The molecular formula is C10H8FIN2O2S. The molecule has 1 N–H and O–H groups in total. The van der Waals surface area contributed by atoms with Crippen molar-refractivity contribution in [2.45, 2.75) is 6.54 Å². The zero-order valence-corrected chi connectivity index (χ0v) is 11.8. The van der Waals surface area contributed by atoms with Gasteiger partial charge >= 0.3 is 5.97 Å². The number of carbonyl (C=O) groups is 1. The van der Waals surface area contributed by atoms with E-state index in [0.717, 1.165) is 0 Å². The fourth-order valence-corrected chi connectivity index (χ4v) is 2.24. The Morgan fingerprint density at radius 2 is 2.35 bits per heavy atom. The second kappa shape index (κ2) is 4.73. The predicted octanol–water partition coefficient (Wildman–Crippen LogP) is 2.62. The molecule has 0 unspecified atom stereocenters. The van der Waals surface area contributed by atoms with Crippen LogP contribution in [0.4, 0.5) is 4.39 Å². The van der Waals surface area contributed by atoms with E-state index in [4.69, 9.17) is 12.2 Å². The molecule has 0 aliphatic rings. The van der Waals surface area contributed by atoms with Crippen LogP contribution in [0.1, 0.15) is 0 Å². The number of fused-ring (bicyclic) bond motifs is 1.